The van der Waals surface area contributed by atoms with Crippen LogP contribution in [0.3, 0.4) is 0 Å². The highest BCUT2D eigenvalue weighted by Gasteiger charge is 2.30. The van der Waals surface area contributed by atoms with Crippen LogP contribution in [0.2, 0.25) is 0 Å². The minimum Gasteiger partial charge on any atom is -0.494 e. The summed E-state index contributed by atoms with van der Waals surface area (Å²) in [5.41, 5.74) is 3.23. The first-order valence-electron chi connectivity index (χ1n) is 12.2. The standard InChI is InChI=1S/C28H24BrN5O3/c1-2-36-19-8-3-16(4-9-19)13-31-26-21-14-30-25(34-27(35)17-5-6-17)12-20(21)22(15-32-26)28-33-23-11-18(29)7-10-24(23)37-28/h3-4,7-12,14-15,17H,2,5-6,13H2,1H3,(H,31,32)(H,30,34,35). The Labute approximate surface area is 221 Å². The number of ether oxygens (including phenoxy) is 1. The smallest absolute Gasteiger partial charge is 0.229 e. The van der Waals surface area contributed by atoms with E-state index in [-0.39, 0.29) is 11.8 Å². The third kappa shape index (κ3) is 4.99. The van der Waals surface area contributed by atoms with Gasteiger partial charge >= 0.3 is 0 Å². The Kier molecular flexibility index (Phi) is 6.21. The van der Waals surface area contributed by atoms with Crippen molar-refractivity contribution in [1.29, 1.82) is 0 Å². The summed E-state index contributed by atoms with van der Waals surface area (Å²) in [5.74, 6) is 2.55. The van der Waals surface area contributed by atoms with Crippen molar-refractivity contribution in [1.82, 2.24) is 15.0 Å². The molecule has 3 heterocycles. The second-order valence-corrected chi connectivity index (χ2v) is 9.88. The number of fused-ring (bicyclic) bond motifs is 2. The fourth-order valence-electron chi connectivity index (χ4n) is 4.16. The van der Waals surface area contributed by atoms with Gasteiger partial charge in [-0.2, -0.15) is 0 Å². The van der Waals surface area contributed by atoms with Gasteiger partial charge in [0, 0.05) is 40.1 Å². The van der Waals surface area contributed by atoms with Crippen LogP contribution >= 0.6 is 15.9 Å². The van der Waals surface area contributed by atoms with Gasteiger partial charge in [0.2, 0.25) is 11.8 Å². The van der Waals surface area contributed by atoms with Crippen LogP contribution in [0.1, 0.15) is 25.3 Å². The predicted octanol–water partition coefficient (Wildman–Crippen LogP) is 6.56. The Balaban J connectivity index is 1.37. The van der Waals surface area contributed by atoms with Crippen LogP contribution in [0.15, 0.2) is 69.8 Å². The second kappa shape index (κ2) is 9.82. The minimum atomic E-state index is 0.00279. The van der Waals surface area contributed by atoms with E-state index >= 15 is 0 Å². The van der Waals surface area contributed by atoms with Gasteiger partial charge in [0.15, 0.2) is 5.58 Å². The average molecular weight is 558 g/mol. The van der Waals surface area contributed by atoms with Crippen LogP contribution in [-0.4, -0.2) is 27.5 Å². The number of hydrogen-bond donors (Lipinski definition) is 2. The summed E-state index contributed by atoms with van der Waals surface area (Å²) in [6.07, 6.45) is 5.32. The number of aromatic nitrogens is 3. The molecule has 9 heteroatoms. The summed E-state index contributed by atoms with van der Waals surface area (Å²) in [5, 5.41) is 7.99. The summed E-state index contributed by atoms with van der Waals surface area (Å²) >= 11 is 3.49. The van der Waals surface area contributed by atoms with Gasteiger partial charge in [-0.25, -0.2) is 15.0 Å². The van der Waals surface area contributed by atoms with Crippen molar-refractivity contribution in [2.45, 2.75) is 26.3 Å². The molecule has 6 rings (SSSR count). The number of carbonyl (C=O) groups excluding carboxylic acids is 1. The van der Waals surface area contributed by atoms with E-state index in [2.05, 4.69) is 36.5 Å². The first kappa shape index (κ1) is 23.4. The maximum Gasteiger partial charge on any atom is 0.229 e. The Morgan fingerprint density at radius 2 is 1.92 bits per heavy atom. The summed E-state index contributed by atoms with van der Waals surface area (Å²) in [6, 6.07) is 15.5. The van der Waals surface area contributed by atoms with E-state index in [1.165, 1.54) is 0 Å². The third-order valence-corrected chi connectivity index (χ3v) is 6.74. The second-order valence-electron chi connectivity index (χ2n) is 8.96. The summed E-state index contributed by atoms with van der Waals surface area (Å²) in [7, 11) is 0. The highest BCUT2D eigenvalue weighted by atomic mass is 79.9. The lowest BCUT2D eigenvalue weighted by molar-refractivity contribution is -0.117. The van der Waals surface area contributed by atoms with Crippen LogP contribution in [0.4, 0.5) is 11.6 Å². The Morgan fingerprint density at radius 1 is 1.08 bits per heavy atom. The van der Waals surface area contributed by atoms with Crippen LogP contribution < -0.4 is 15.4 Å². The maximum atomic E-state index is 12.4. The summed E-state index contributed by atoms with van der Waals surface area (Å²) in [6.45, 7) is 3.17. The van der Waals surface area contributed by atoms with Gasteiger partial charge in [0.05, 0.1) is 12.2 Å². The molecule has 1 fully saturated rings. The fraction of sp³-hybridized carbons (Fsp3) is 0.214. The SMILES string of the molecule is CCOc1ccc(CNc2ncc(-c3nc4cc(Br)ccc4o3)c3cc(NC(=O)C4CC4)ncc23)cc1. The van der Waals surface area contributed by atoms with Crippen molar-refractivity contribution in [3.05, 3.63) is 71.0 Å². The van der Waals surface area contributed by atoms with Crippen molar-refractivity contribution in [3.63, 3.8) is 0 Å². The van der Waals surface area contributed by atoms with E-state index in [0.717, 1.165) is 50.5 Å². The molecule has 0 unspecified atom stereocenters. The van der Waals surface area contributed by atoms with Crippen molar-refractivity contribution in [2.24, 2.45) is 5.92 Å². The molecule has 1 amide bonds. The molecule has 1 aliphatic carbocycles. The average Bonchev–Trinajstić information content (AvgIpc) is 3.68. The first-order chi connectivity index (χ1) is 18.1. The van der Waals surface area contributed by atoms with Gasteiger partial charge in [-0.15, -0.1) is 0 Å². The molecule has 37 heavy (non-hydrogen) atoms. The molecule has 0 saturated heterocycles. The molecule has 0 radical (unpaired) electrons. The molecule has 0 spiro atoms. The lowest BCUT2D eigenvalue weighted by atomic mass is 10.1. The number of pyridine rings is 2. The Hall–Kier alpha value is -3.98. The Bertz CT molecular complexity index is 1610. The zero-order valence-electron chi connectivity index (χ0n) is 20.1. The number of nitrogens with one attached hydrogen (secondary N) is 2. The summed E-state index contributed by atoms with van der Waals surface area (Å²) < 4.78 is 12.5. The van der Waals surface area contributed by atoms with E-state index in [1.807, 2.05) is 55.5 Å². The van der Waals surface area contributed by atoms with Crippen LogP contribution in [0.25, 0.3) is 33.3 Å². The van der Waals surface area contributed by atoms with Crippen LogP contribution in [-0.2, 0) is 11.3 Å². The normalized spacial score (nSPS) is 13.1. The van der Waals surface area contributed by atoms with Gasteiger partial charge in [-0.05, 0) is 61.7 Å². The topological polar surface area (TPSA) is 102 Å². The number of benzene rings is 2. The van der Waals surface area contributed by atoms with Crippen molar-refractivity contribution in [3.8, 4) is 17.2 Å². The van der Waals surface area contributed by atoms with Crippen LogP contribution in [0.5, 0.6) is 5.75 Å². The molecule has 0 aliphatic heterocycles. The van der Waals surface area contributed by atoms with Gasteiger partial charge in [-0.3, -0.25) is 4.79 Å². The van der Waals surface area contributed by atoms with E-state index in [0.29, 0.717) is 36.3 Å². The molecule has 2 aromatic carbocycles. The molecule has 8 nitrogen and oxygen atoms in total. The molecular formula is C28H24BrN5O3. The number of oxazole rings is 1. The summed E-state index contributed by atoms with van der Waals surface area (Å²) in [4.78, 5) is 26.3. The van der Waals surface area contributed by atoms with Gasteiger partial charge in [-0.1, -0.05) is 28.1 Å². The number of nitrogens with zero attached hydrogens (tertiary/aromatic N) is 3. The fourth-order valence-corrected chi connectivity index (χ4v) is 4.51. The molecule has 0 atom stereocenters. The zero-order chi connectivity index (χ0) is 25.4. The highest BCUT2D eigenvalue weighted by Crippen LogP contribution is 2.35. The number of carbonyl (C=O) groups is 1. The van der Waals surface area contributed by atoms with Crippen molar-refractivity contribution in [2.75, 3.05) is 17.2 Å². The molecule has 2 N–H and O–H groups in total. The van der Waals surface area contributed by atoms with E-state index in [1.54, 1.807) is 12.4 Å². The monoisotopic (exact) mass is 557 g/mol. The minimum absolute atomic E-state index is 0.00279. The largest absolute Gasteiger partial charge is 0.494 e. The molecule has 186 valence electrons. The number of halogens is 1. The lowest BCUT2D eigenvalue weighted by Crippen LogP contribution is -2.14. The van der Waals surface area contributed by atoms with Crippen molar-refractivity contribution >= 4 is 55.3 Å². The molecule has 3 aromatic heterocycles. The van der Waals surface area contributed by atoms with Crippen molar-refractivity contribution < 1.29 is 13.9 Å². The molecule has 0 bridgehead atoms. The molecule has 1 aliphatic rings. The van der Waals surface area contributed by atoms with Crippen LogP contribution in [0, 0.1) is 5.92 Å². The zero-order valence-corrected chi connectivity index (χ0v) is 21.7. The van der Waals surface area contributed by atoms with Gasteiger partial charge in [0.25, 0.3) is 0 Å². The number of rotatable bonds is 8. The molecular weight excluding hydrogens is 534 g/mol. The van der Waals surface area contributed by atoms with Gasteiger partial charge < -0.3 is 19.8 Å². The van der Waals surface area contributed by atoms with E-state index in [9.17, 15) is 4.79 Å². The number of amides is 1. The predicted molar refractivity (Wildman–Crippen MR) is 147 cm³/mol. The van der Waals surface area contributed by atoms with E-state index < -0.39 is 0 Å². The lowest BCUT2D eigenvalue weighted by Gasteiger charge is -2.13. The van der Waals surface area contributed by atoms with E-state index in [4.69, 9.17) is 14.1 Å². The Morgan fingerprint density at radius 3 is 2.70 bits per heavy atom. The number of hydrogen-bond acceptors (Lipinski definition) is 7. The van der Waals surface area contributed by atoms with Gasteiger partial charge in [0.1, 0.15) is 22.9 Å². The first-order valence-corrected chi connectivity index (χ1v) is 13.0. The highest BCUT2D eigenvalue weighted by molar-refractivity contribution is 9.10. The quantitative estimate of drug-likeness (QED) is 0.222. The number of anilines is 2. The maximum absolute atomic E-state index is 12.4. The third-order valence-electron chi connectivity index (χ3n) is 6.25. The molecule has 5 aromatic rings. The molecule has 1 saturated carbocycles.